The third-order valence-corrected chi connectivity index (χ3v) is 2.38. The van der Waals surface area contributed by atoms with Crippen LogP contribution in [0.3, 0.4) is 0 Å². The van der Waals surface area contributed by atoms with Crippen molar-refractivity contribution in [2.45, 2.75) is 26.4 Å². The summed E-state index contributed by atoms with van der Waals surface area (Å²) in [5.41, 5.74) is 0.242. The van der Waals surface area contributed by atoms with E-state index in [0.29, 0.717) is 6.61 Å². The topological polar surface area (TPSA) is 35.5 Å². The Morgan fingerprint density at radius 3 is 2.41 bits per heavy atom. The predicted octanol–water partition coefficient (Wildman–Crippen LogP) is 3.05. The molecule has 0 spiro atoms. The summed E-state index contributed by atoms with van der Waals surface area (Å²) in [6.07, 6.45) is 1.16. The second-order valence-electron chi connectivity index (χ2n) is 4.09. The average Bonchev–Trinajstić information content (AvgIpc) is 2.29. The molecule has 0 aliphatic carbocycles. The minimum atomic E-state index is -0.671. The van der Waals surface area contributed by atoms with Crippen molar-refractivity contribution in [2.75, 3.05) is 6.61 Å². The van der Waals surface area contributed by atoms with Crippen LogP contribution in [0, 0.1) is 0 Å². The highest BCUT2D eigenvalue weighted by atomic mass is 16.6. The van der Waals surface area contributed by atoms with Crippen molar-refractivity contribution in [1.82, 2.24) is 0 Å². The molecule has 0 N–H and O–H groups in total. The van der Waals surface area contributed by atoms with E-state index in [1.807, 2.05) is 45.0 Å². The zero-order chi connectivity index (χ0) is 12.9. The number of carbonyl (C=O) groups is 1. The molecule has 0 heterocycles. The lowest BCUT2D eigenvalue weighted by Gasteiger charge is -2.25. The third-order valence-electron chi connectivity index (χ3n) is 2.38. The van der Waals surface area contributed by atoms with E-state index in [1.54, 1.807) is 0 Å². The van der Waals surface area contributed by atoms with Crippen molar-refractivity contribution in [3.8, 4) is 5.75 Å². The van der Waals surface area contributed by atoms with Crippen LogP contribution in [0.25, 0.3) is 0 Å². The van der Waals surface area contributed by atoms with E-state index >= 15 is 0 Å². The number of carbonyl (C=O) groups excluding carboxylic acids is 1. The van der Waals surface area contributed by atoms with Crippen LogP contribution >= 0.6 is 0 Å². The molecule has 1 rings (SSSR count). The molecule has 0 atom stereocenters. The van der Waals surface area contributed by atoms with Gasteiger partial charge in [-0.3, -0.25) is 0 Å². The van der Waals surface area contributed by atoms with Crippen LogP contribution in [0.5, 0.6) is 5.75 Å². The smallest absolute Gasteiger partial charge is 0.331 e. The summed E-state index contributed by atoms with van der Waals surface area (Å²) in [6, 6.07) is 7.51. The first-order valence-corrected chi connectivity index (χ1v) is 5.58. The Kier molecular flexibility index (Phi) is 4.32. The maximum absolute atomic E-state index is 11.2. The minimum Gasteiger partial charge on any atom is -0.494 e. The van der Waals surface area contributed by atoms with E-state index in [4.69, 9.17) is 9.47 Å². The summed E-state index contributed by atoms with van der Waals surface area (Å²) in [6.45, 7) is 9.62. The van der Waals surface area contributed by atoms with Crippen LogP contribution in [-0.4, -0.2) is 12.6 Å². The Morgan fingerprint density at radius 2 is 1.94 bits per heavy atom. The largest absolute Gasteiger partial charge is 0.494 e. The quantitative estimate of drug-likeness (QED) is 0.580. The van der Waals surface area contributed by atoms with Gasteiger partial charge in [-0.15, -0.1) is 0 Å². The molecule has 0 aliphatic rings. The molecule has 0 fully saturated rings. The van der Waals surface area contributed by atoms with Gasteiger partial charge in [0.05, 0.1) is 6.61 Å². The van der Waals surface area contributed by atoms with Crippen molar-refractivity contribution in [2.24, 2.45) is 0 Å². The fourth-order valence-corrected chi connectivity index (χ4v) is 1.47. The van der Waals surface area contributed by atoms with E-state index in [9.17, 15) is 4.79 Å². The van der Waals surface area contributed by atoms with E-state index in [0.717, 1.165) is 17.4 Å². The number of benzene rings is 1. The summed E-state index contributed by atoms with van der Waals surface area (Å²) in [7, 11) is 0. The molecule has 0 bridgehead atoms. The molecule has 0 saturated carbocycles. The van der Waals surface area contributed by atoms with Gasteiger partial charge in [0.1, 0.15) is 11.4 Å². The maximum atomic E-state index is 11.2. The van der Waals surface area contributed by atoms with Gasteiger partial charge in [0.15, 0.2) is 0 Å². The highest BCUT2D eigenvalue weighted by molar-refractivity contribution is 5.81. The fourth-order valence-electron chi connectivity index (χ4n) is 1.47. The highest BCUT2D eigenvalue weighted by Crippen LogP contribution is 2.26. The minimum absolute atomic E-state index is 0.427. The normalized spacial score (nSPS) is 10.8. The standard InChI is InChI=1S/C14H18O3/c1-5-13(15)17-14(3,4)11-7-9-12(10-8-11)16-6-2/h5,7-10H,1,6H2,2-4H3. The van der Waals surface area contributed by atoms with Crippen LogP contribution in [0.15, 0.2) is 36.9 Å². The molecule has 92 valence electrons. The molecule has 0 saturated heterocycles. The van der Waals surface area contributed by atoms with Gasteiger partial charge in [-0.1, -0.05) is 18.7 Å². The van der Waals surface area contributed by atoms with Crippen molar-refractivity contribution >= 4 is 5.97 Å². The molecule has 17 heavy (non-hydrogen) atoms. The zero-order valence-electron chi connectivity index (χ0n) is 10.5. The molecular formula is C14H18O3. The predicted molar refractivity (Wildman–Crippen MR) is 66.9 cm³/mol. The van der Waals surface area contributed by atoms with Gasteiger partial charge in [0.25, 0.3) is 0 Å². The van der Waals surface area contributed by atoms with Crippen LogP contribution in [0.4, 0.5) is 0 Å². The van der Waals surface area contributed by atoms with Gasteiger partial charge >= 0.3 is 5.97 Å². The number of rotatable bonds is 5. The van der Waals surface area contributed by atoms with Gasteiger partial charge in [-0.2, -0.15) is 0 Å². The molecular weight excluding hydrogens is 216 g/mol. The molecule has 0 radical (unpaired) electrons. The first-order valence-electron chi connectivity index (χ1n) is 5.58. The van der Waals surface area contributed by atoms with E-state index in [-0.39, 0.29) is 0 Å². The Bertz CT molecular complexity index is 390. The second kappa shape index (κ2) is 5.53. The Hall–Kier alpha value is -1.77. The van der Waals surface area contributed by atoms with E-state index in [2.05, 4.69) is 6.58 Å². The fraction of sp³-hybridized carbons (Fsp3) is 0.357. The molecule has 3 heteroatoms. The molecule has 0 aromatic heterocycles. The van der Waals surface area contributed by atoms with E-state index < -0.39 is 11.6 Å². The molecule has 0 aliphatic heterocycles. The van der Waals surface area contributed by atoms with Gasteiger partial charge < -0.3 is 9.47 Å². The average molecular weight is 234 g/mol. The van der Waals surface area contributed by atoms with Crippen LogP contribution in [-0.2, 0) is 15.1 Å². The van der Waals surface area contributed by atoms with Crippen LogP contribution < -0.4 is 4.74 Å². The van der Waals surface area contributed by atoms with Gasteiger partial charge in [-0.25, -0.2) is 4.79 Å². The summed E-state index contributed by atoms with van der Waals surface area (Å²) >= 11 is 0. The van der Waals surface area contributed by atoms with Crippen LogP contribution in [0.1, 0.15) is 26.3 Å². The van der Waals surface area contributed by atoms with Crippen molar-refractivity contribution in [1.29, 1.82) is 0 Å². The number of hydrogen-bond acceptors (Lipinski definition) is 3. The second-order valence-corrected chi connectivity index (χ2v) is 4.09. The third kappa shape index (κ3) is 3.63. The van der Waals surface area contributed by atoms with Gasteiger partial charge in [0.2, 0.25) is 0 Å². The molecule has 0 amide bonds. The lowest BCUT2D eigenvalue weighted by atomic mass is 9.98. The molecule has 0 unspecified atom stereocenters. The Morgan fingerprint density at radius 1 is 1.35 bits per heavy atom. The van der Waals surface area contributed by atoms with Crippen molar-refractivity contribution < 1.29 is 14.3 Å². The first-order chi connectivity index (χ1) is 7.99. The van der Waals surface area contributed by atoms with Crippen molar-refractivity contribution in [3.63, 3.8) is 0 Å². The summed E-state index contributed by atoms with van der Waals surface area (Å²) in [5.74, 6) is 0.381. The number of hydrogen-bond donors (Lipinski definition) is 0. The molecule has 1 aromatic carbocycles. The first kappa shape index (κ1) is 13.3. The van der Waals surface area contributed by atoms with Crippen LogP contribution in [0.2, 0.25) is 0 Å². The van der Waals surface area contributed by atoms with Gasteiger partial charge in [-0.05, 0) is 38.5 Å². The highest BCUT2D eigenvalue weighted by Gasteiger charge is 2.24. The summed E-state index contributed by atoms with van der Waals surface area (Å²) in [5, 5.41) is 0. The van der Waals surface area contributed by atoms with E-state index in [1.165, 1.54) is 0 Å². The SMILES string of the molecule is C=CC(=O)OC(C)(C)c1ccc(OCC)cc1. The molecule has 3 nitrogen and oxygen atoms in total. The zero-order valence-corrected chi connectivity index (χ0v) is 10.5. The monoisotopic (exact) mass is 234 g/mol. The summed E-state index contributed by atoms with van der Waals surface area (Å²) in [4.78, 5) is 11.2. The van der Waals surface area contributed by atoms with Gasteiger partial charge in [0, 0.05) is 6.08 Å². The number of esters is 1. The maximum Gasteiger partial charge on any atom is 0.331 e. The summed E-state index contributed by atoms with van der Waals surface area (Å²) < 4.78 is 10.6. The Labute approximate surface area is 102 Å². The lowest BCUT2D eigenvalue weighted by Crippen LogP contribution is -2.24. The lowest BCUT2D eigenvalue weighted by molar-refractivity contribution is -0.151. The van der Waals surface area contributed by atoms with Crippen molar-refractivity contribution in [3.05, 3.63) is 42.5 Å². The number of ether oxygens (including phenoxy) is 2. The molecule has 1 aromatic rings. The Balaban J connectivity index is 2.83.